The number of nitrogen functional groups attached to an aromatic ring is 1. The largest absolute Gasteiger partial charge is 0.383 e. The standard InChI is InChI=1S/C28H34N6O/c1-4-5-6-7-10-17-30-28(35)24-25-27(33-23-12-9-8-11-22(23)32-25)34(26(24)29)31-18-20-13-15-21(16-14-20)19(2)3/h8-9,11-16,18-19H,4-7,10,17,29H2,1-3H3,(H,30,35)/b31-18+. The molecule has 0 aliphatic carbocycles. The van der Waals surface area contributed by atoms with Crippen molar-refractivity contribution in [1.29, 1.82) is 0 Å². The summed E-state index contributed by atoms with van der Waals surface area (Å²) in [5.74, 6) is 0.443. The molecule has 0 saturated heterocycles. The van der Waals surface area contributed by atoms with E-state index < -0.39 is 0 Å². The number of unbranched alkanes of at least 4 members (excludes halogenated alkanes) is 4. The lowest BCUT2D eigenvalue weighted by atomic mass is 10.0. The Labute approximate surface area is 206 Å². The SMILES string of the molecule is CCCCCCCNC(=O)c1c(N)n(/N=C/c2ccc(C(C)C)cc2)c2nc3ccccc3nc12. The summed E-state index contributed by atoms with van der Waals surface area (Å²) >= 11 is 0. The van der Waals surface area contributed by atoms with Crippen LogP contribution in [0.2, 0.25) is 0 Å². The zero-order chi connectivity index (χ0) is 24.8. The van der Waals surface area contributed by atoms with Crippen molar-refractivity contribution >= 4 is 40.1 Å². The Morgan fingerprint density at radius 1 is 1.03 bits per heavy atom. The summed E-state index contributed by atoms with van der Waals surface area (Å²) in [5.41, 5.74) is 11.3. The number of carbonyl (C=O) groups excluding carboxylic acids is 1. The number of nitrogens with zero attached hydrogens (tertiary/aromatic N) is 4. The average molecular weight is 471 g/mol. The van der Waals surface area contributed by atoms with Gasteiger partial charge in [0.05, 0.1) is 17.2 Å². The number of fused-ring (bicyclic) bond motifs is 2. The summed E-state index contributed by atoms with van der Waals surface area (Å²) < 4.78 is 1.52. The van der Waals surface area contributed by atoms with Gasteiger partial charge in [-0.15, -0.1) is 0 Å². The molecule has 0 saturated carbocycles. The first-order valence-corrected chi connectivity index (χ1v) is 12.5. The minimum atomic E-state index is -0.247. The van der Waals surface area contributed by atoms with Crippen LogP contribution >= 0.6 is 0 Å². The van der Waals surface area contributed by atoms with Crippen molar-refractivity contribution < 1.29 is 4.79 Å². The van der Waals surface area contributed by atoms with Gasteiger partial charge in [0.2, 0.25) is 0 Å². The fraction of sp³-hybridized carbons (Fsp3) is 0.357. The van der Waals surface area contributed by atoms with Crippen LogP contribution in [0, 0.1) is 0 Å². The Morgan fingerprint density at radius 3 is 2.40 bits per heavy atom. The monoisotopic (exact) mass is 470 g/mol. The van der Waals surface area contributed by atoms with Crippen molar-refractivity contribution in [3.8, 4) is 0 Å². The van der Waals surface area contributed by atoms with Gasteiger partial charge in [-0.2, -0.15) is 9.78 Å². The second kappa shape index (κ2) is 11.1. The number of anilines is 1. The van der Waals surface area contributed by atoms with Crippen LogP contribution in [0.3, 0.4) is 0 Å². The number of aromatic nitrogens is 3. The van der Waals surface area contributed by atoms with E-state index >= 15 is 0 Å². The van der Waals surface area contributed by atoms with Crippen LogP contribution in [0.4, 0.5) is 5.82 Å². The van der Waals surface area contributed by atoms with E-state index in [0.29, 0.717) is 34.7 Å². The Hall–Kier alpha value is -3.74. The molecule has 0 fully saturated rings. The molecular weight excluding hydrogens is 436 g/mol. The molecule has 0 atom stereocenters. The van der Waals surface area contributed by atoms with Gasteiger partial charge in [-0.1, -0.05) is 82.9 Å². The molecule has 4 rings (SSSR count). The highest BCUT2D eigenvalue weighted by Gasteiger charge is 2.23. The number of benzene rings is 2. The van der Waals surface area contributed by atoms with Crippen molar-refractivity contribution in [3.05, 3.63) is 65.2 Å². The molecule has 0 bridgehead atoms. The van der Waals surface area contributed by atoms with Crippen molar-refractivity contribution in [2.24, 2.45) is 5.10 Å². The normalized spacial score (nSPS) is 11.8. The third-order valence-electron chi connectivity index (χ3n) is 6.19. The average Bonchev–Trinajstić information content (AvgIpc) is 3.13. The van der Waals surface area contributed by atoms with Crippen molar-refractivity contribution in [2.45, 2.75) is 58.8 Å². The third kappa shape index (κ3) is 5.50. The summed E-state index contributed by atoms with van der Waals surface area (Å²) in [6.07, 6.45) is 7.34. The van der Waals surface area contributed by atoms with E-state index in [1.807, 2.05) is 36.4 Å². The van der Waals surface area contributed by atoms with Gasteiger partial charge in [0.15, 0.2) is 5.65 Å². The van der Waals surface area contributed by atoms with Crippen LogP contribution in [-0.4, -0.2) is 33.3 Å². The number of hydrogen-bond acceptors (Lipinski definition) is 5. The molecule has 35 heavy (non-hydrogen) atoms. The van der Waals surface area contributed by atoms with Gasteiger partial charge >= 0.3 is 0 Å². The van der Waals surface area contributed by atoms with E-state index in [2.05, 4.69) is 43.3 Å². The molecule has 0 aliphatic heterocycles. The Bertz CT molecular complexity index is 1340. The number of para-hydroxylation sites is 2. The van der Waals surface area contributed by atoms with Crippen molar-refractivity contribution in [2.75, 3.05) is 12.3 Å². The van der Waals surface area contributed by atoms with E-state index in [0.717, 1.165) is 23.9 Å². The topological polar surface area (TPSA) is 98.2 Å². The summed E-state index contributed by atoms with van der Waals surface area (Å²) in [7, 11) is 0. The fourth-order valence-corrected chi connectivity index (χ4v) is 4.10. The number of rotatable bonds is 10. The first-order chi connectivity index (χ1) is 17.0. The van der Waals surface area contributed by atoms with Crippen LogP contribution in [0.5, 0.6) is 0 Å². The van der Waals surface area contributed by atoms with E-state index in [-0.39, 0.29) is 11.7 Å². The smallest absolute Gasteiger partial charge is 0.257 e. The van der Waals surface area contributed by atoms with Crippen LogP contribution in [-0.2, 0) is 0 Å². The molecular formula is C28H34N6O. The summed E-state index contributed by atoms with van der Waals surface area (Å²) in [6.45, 7) is 7.11. The second-order valence-corrected chi connectivity index (χ2v) is 9.19. The van der Waals surface area contributed by atoms with E-state index in [1.54, 1.807) is 6.21 Å². The molecule has 0 spiro atoms. The number of nitrogens with two attached hydrogens (primary N) is 1. The molecule has 2 aromatic heterocycles. The zero-order valence-electron chi connectivity index (χ0n) is 20.8. The quantitative estimate of drug-likeness (QED) is 0.224. The van der Waals surface area contributed by atoms with E-state index in [9.17, 15) is 4.79 Å². The Balaban J connectivity index is 1.68. The second-order valence-electron chi connectivity index (χ2n) is 9.19. The Morgan fingerprint density at radius 2 is 1.71 bits per heavy atom. The maximum atomic E-state index is 13.2. The first-order valence-electron chi connectivity index (χ1n) is 12.5. The molecule has 182 valence electrons. The van der Waals surface area contributed by atoms with Crippen molar-refractivity contribution in [1.82, 2.24) is 20.0 Å². The van der Waals surface area contributed by atoms with Gasteiger partial charge in [0.1, 0.15) is 16.9 Å². The lowest BCUT2D eigenvalue weighted by Crippen LogP contribution is -2.25. The van der Waals surface area contributed by atoms with Crippen LogP contribution in [0.15, 0.2) is 53.6 Å². The molecule has 7 heteroatoms. The molecule has 7 nitrogen and oxygen atoms in total. The predicted molar refractivity (Wildman–Crippen MR) is 144 cm³/mol. The van der Waals surface area contributed by atoms with Gasteiger partial charge in [-0.3, -0.25) is 4.79 Å². The Kier molecular flexibility index (Phi) is 7.75. The highest BCUT2D eigenvalue weighted by molar-refractivity contribution is 6.10. The maximum absolute atomic E-state index is 13.2. The molecule has 2 aromatic carbocycles. The van der Waals surface area contributed by atoms with Gasteiger partial charge in [-0.25, -0.2) is 9.97 Å². The number of nitrogens with one attached hydrogen (secondary N) is 1. The van der Waals surface area contributed by atoms with Crippen molar-refractivity contribution in [3.63, 3.8) is 0 Å². The van der Waals surface area contributed by atoms with Crippen LogP contribution in [0.1, 0.15) is 80.3 Å². The first kappa shape index (κ1) is 24.4. The van der Waals surface area contributed by atoms with Gasteiger partial charge in [0, 0.05) is 6.54 Å². The van der Waals surface area contributed by atoms with Gasteiger partial charge in [0.25, 0.3) is 5.91 Å². The molecule has 0 unspecified atom stereocenters. The van der Waals surface area contributed by atoms with Gasteiger partial charge < -0.3 is 11.1 Å². The van der Waals surface area contributed by atoms with Crippen LogP contribution < -0.4 is 11.1 Å². The fourth-order valence-electron chi connectivity index (χ4n) is 4.10. The maximum Gasteiger partial charge on any atom is 0.257 e. The number of hydrogen-bond donors (Lipinski definition) is 2. The molecule has 3 N–H and O–H groups in total. The lowest BCUT2D eigenvalue weighted by molar-refractivity contribution is 0.0955. The highest BCUT2D eigenvalue weighted by Crippen LogP contribution is 2.28. The molecule has 0 radical (unpaired) electrons. The number of amides is 1. The minimum absolute atomic E-state index is 0.230. The van der Waals surface area contributed by atoms with E-state index in [1.165, 1.54) is 29.5 Å². The summed E-state index contributed by atoms with van der Waals surface area (Å²) in [4.78, 5) is 22.7. The molecule has 4 aromatic rings. The highest BCUT2D eigenvalue weighted by atomic mass is 16.1. The summed E-state index contributed by atoms with van der Waals surface area (Å²) in [5, 5.41) is 7.61. The van der Waals surface area contributed by atoms with Crippen LogP contribution in [0.25, 0.3) is 22.2 Å². The molecule has 0 aliphatic rings. The zero-order valence-corrected chi connectivity index (χ0v) is 20.8. The van der Waals surface area contributed by atoms with Gasteiger partial charge in [-0.05, 0) is 35.6 Å². The minimum Gasteiger partial charge on any atom is -0.383 e. The van der Waals surface area contributed by atoms with E-state index in [4.69, 9.17) is 15.7 Å². The molecule has 1 amide bonds. The predicted octanol–water partition coefficient (Wildman–Crippen LogP) is 5.87. The lowest BCUT2D eigenvalue weighted by Gasteiger charge is -2.06. The number of carbonyl (C=O) groups is 1. The molecule has 2 heterocycles. The summed E-state index contributed by atoms with van der Waals surface area (Å²) in [6, 6.07) is 15.8. The third-order valence-corrected chi connectivity index (χ3v) is 6.19.